The van der Waals surface area contributed by atoms with Crippen molar-refractivity contribution in [3.05, 3.63) is 83.8 Å². The number of hydrogen-bond donors (Lipinski definition) is 2. The highest BCUT2D eigenvalue weighted by Crippen LogP contribution is 2.28. The molecule has 3 heterocycles. The normalized spacial score (nSPS) is 20.0. The minimum absolute atomic E-state index is 0.0445. The second kappa shape index (κ2) is 11.7. The molecule has 2 aliphatic rings. The molecule has 8 heteroatoms. The Labute approximate surface area is 216 Å². The first-order valence-corrected chi connectivity index (χ1v) is 12.9. The van der Waals surface area contributed by atoms with Gasteiger partial charge >= 0.3 is 0 Å². The van der Waals surface area contributed by atoms with Gasteiger partial charge in [-0.05, 0) is 61.1 Å². The van der Waals surface area contributed by atoms with E-state index in [9.17, 15) is 14.0 Å². The topological polar surface area (TPSA) is 83.7 Å². The number of ether oxygens (including phenoxy) is 2. The van der Waals surface area contributed by atoms with Crippen molar-refractivity contribution in [3.8, 4) is 11.3 Å². The number of benzene rings is 2. The fourth-order valence-electron chi connectivity index (χ4n) is 5.01. The molecular formula is C29H32FN3O4. The smallest absolute Gasteiger partial charge is 0.271 e. The van der Waals surface area contributed by atoms with Crippen LogP contribution in [0.4, 0.5) is 4.39 Å². The molecular weight excluding hydrogens is 473 g/mol. The van der Waals surface area contributed by atoms with E-state index in [2.05, 4.69) is 10.3 Å². The second-order valence-electron chi connectivity index (χ2n) is 9.58. The number of nitrogens with one attached hydrogen (secondary N) is 2. The van der Waals surface area contributed by atoms with Crippen molar-refractivity contribution >= 4 is 11.8 Å². The van der Waals surface area contributed by atoms with E-state index >= 15 is 0 Å². The number of rotatable bonds is 9. The summed E-state index contributed by atoms with van der Waals surface area (Å²) in [4.78, 5) is 32.4. The number of carbonyl (C=O) groups is 2. The molecule has 0 saturated carbocycles. The Morgan fingerprint density at radius 1 is 0.946 bits per heavy atom. The van der Waals surface area contributed by atoms with Gasteiger partial charge in [-0.1, -0.05) is 42.5 Å². The molecule has 0 unspecified atom stereocenters. The zero-order valence-electron chi connectivity index (χ0n) is 20.7. The van der Waals surface area contributed by atoms with Crippen molar-refractivity contribution < 1.29 is 23.5 Å². The molecule has 2 N–H and O–H groups in total. The predicted molar refractivity (Wildman–Crippen MR) is 137 cm³/mol. The second-order valence-corrected chi connectivity index (χ2v) is 9.58. The fraction of sp³-hybridized carbons (Fsp3) is 0.379. The quantitative estimate of drug-likeness (QED) is 0.449. The minimum Gasteiger partial charge on any atom is -0.376 e. The average Bonchev–Trinajstić information content (AvgIpc) is 3.72. The number of aromatic amines is 1. The number of aromatic nitrogens is 1. The lowest BCUT2D eigenvalue weighted by Crippen LogP contribution is -2.48. The van der Waals surface area contributed by atoms with E-state index < -0.39 is 11.9 Å². The zero-order valence-corrected chi connectivity index (χ0v) is 20.7. The molecule has 0 spiro atoms. The maximum atomic E-state index is 14.0. The SMILES string of the molecule is O=C(NC[C@@H]1CCCO1)[C@@H](c1ccc(F)cc1)N(C[C@@H]1CCCO1)C(=O)c1ccc(-c2ccccc2)[nH]1. The van der Waals surface area contributed by atoms with E-state index in [-0.39, 0.29) is 30.6 Å². The largest absolute Gasteiger partial charge is 0.376 e. The van der Waals surface area contributed by atoms with Gasteiger partial charge in [0.15, 0.2) is 0 Å². The van der Waals surface area contributed by atoms with Crippen molar-refractivity contribution in [2.75, 3.05) is 26.3 Å². The molecule has 0 bridgehead atoms. The number of hydrogen-bond acceptors (Lipinski definition) is 4. The molecule has 2 aromatic carbocycles. The van der Waals surface area contributed by atoms with Crippen molar-refractivity contribution in [2.45, 2.75) is 43.9 Å². The van der Waals surface area contributed by atoms with Crippen LogP contribution in [0.1, 0.15) is 47.8 Å². The molecule has 2 amide bonds. The number of carbonyl (C=O) groups excluding carboxylic acids is 2. The molecule has 5 rings (SSSR count). The van der Waals surface area contributed by atoms with Crippen molar-refractivity contribution in [1.82, 2.24) is 15.2 Å². The Hall–Kier alpha value is -3.49. The summed E-state index contributed by atoms with van der Waals surface area (Å²) in [6, 6.07) is 18.1. The number of amides is 2. The molecule has 2 aliphatic heterocycles. The Kier molecular flexibility index (Phi) is 7.96. The van der Waals surface area contributed by atoms with Crippen LogP contribution in [0.25, 0.3) is 11.3 Å². The summed E-state index contributed by atoms with van der Waals surface area (Å²) in [5.74, 6) is -1.06. The molecule has 1 aromatic heterocycles. The Morgan fingerprint density at radius 3 is 2.32 bits per heavy atom. The fourth-order valence-corrected chi connectivity index (χ4v) is 5.01. The summed E-state index contributed by atoms with van der Waals surface area (Å²) in [6.45, 7) is 1.91. The molecule has 0 aliphatic carbocycles. The lowest BCUT2D eigenvalue weighted by Gasteiger charge is -2.33. The summed E-state index contributed by atoms with van der Waals surface area (Å²) in [5.41, 5.74) is 2.67. The zero-order chi connectivity index (χ0) is 25.6. The van der Waals surface area contributed by atoms with Crippen molar-refractivity contribution in [1.29, 1.82) is 0 Å². The van der Waals surface area contributed by atoms with Crippen molar-refractivity contribution in [2.24, 2.45) is 0 Å². The molecule has 0 radical (unpaired) electrons. The summed E-state index contributed by atoms with van der Waals surface area (Å²) in [7, 11) is 0. The van der Waals surface area contributed by atoms with Crippen LogP contribution < -0.4 is 5.32 Å². The number of H-pyrrole nitrogens is 1. The lowest BCUT2D eigenvalue weighted by molar-refractivity contribution is -0.126. The minimum atomic E-state index is -0.956. The van der Waals surface area contributed by atoms with Crippen LogP contribution in [-0.4, -0.2) is 60.2 Å². The first-order chi connectivity index (χ1) is 18.1. The lowest BCUT2D eigenvalue weighted by atomic mass is 10.0. The third-order valence-electron chi connectivity index (χ3n) is 6.96. The van der Waals surface area contributed by atoms with Gasteiger partial charge in [0.25, 0.3) is 5.91 Å². The number of nitrogens with zero attached hydrogens (tertiary/aromatic N) is 1. The molecule has 7 nitrogen and oxygen atoms in total. The van der Waals surface area contributed by atoms with E-state index in [4.69, 9.17) is 9.47 Å². The summed E-state index contributed by atoms with van der Waals surface area (Å²) in [5, 5.41) is 2.98. The predicted octanol–water partition coefficient (Wildman–Crippen LogP) is 4.48. The van der Waals surface area contributed by atoms with Gasteiger partial charge in [0.05, 0.1) is 12.2 Å². The Balaban J connectivity index is 1.46. The van der Waals surface area contributed by atoms with Crippen LogP contribution in [0.5, 0.6) is 0 Å². The highest BCUT2D eigenvalue weighted by molar-refractivity contribution is 5.97. The van der Waals surface area contributed by atoms with Gasteiger partial charge in [-0.3, -0.25) is 9.59 Å². The van der Waals surface area contributed by atoms with E-state index in [0.717, 1.165) is 36.9 Å². The van der Waals surface area contributed by atoms with Gasteiger partial charge < -0.3 is 24.7 Å². The van der Waals surface area contributed by atoms with E-state index in [0.29, 0.717) is 31.0 Å². The van der Waals surface area contributed by atoms with Gasteiger partial charge in [0.2, 0.25) is 5.91 Å². The van der Waals surface area contributed by atoms with Crippen LogP contribution in [-0.2, 0) is 14.3 Å². The molecule has 2 fully saturated rings. The molecule has 37 heavy (non-hydrogen) atoms. The highest BCUT2D eigenvalue weighted by Gasteiger charge is 2.35. The monoisotopic (exact) mass is 505 g/mol. The third kappa shape index (κ3) is 6.09. The maximum Gasteiger partial charge on any atom is 0.271 e. The van der Waals surface area contributed by atoms with Gasteiger partial charge in [-0.15, -0.1) is 0 Å². The van der Waals surface area contributed by atoms with Crippen LogP contribution in [0, 0.1) is 5.82 Å². The summed E-state index contributed by atoms with van der Waals surface area (Å²) in [6.07, 6.45) is 3.32. The third-order valence-corrected chi connectivity index (χ3v) is 6.96. The summed E-state index contributed by atoms with van der Waals surface area (Å²) < 4.78 is 25.3. The van der Waals surface area contributed by atoms with E-state index in [1.165, 1.54) is 12.1 Å². The van der Waals surface area contributed by atoms with Gasteiger partial charge in [-0.25, -0.2) is 4.39 Å². The standard InChI is InChI=1S/C29H32FN3O4/c30-22-12-10-21(11-13-22)27(28(34)31-18-23-8-4-16-36-23)33(19-24-9-5-17-37-24)29(35)26-15-14-25(32-26)20-6-2-1-3-7-20/h1-3,6-7,10-15,23-24,27,32H,4-5,8-9,16-19H2,(H,31,34)/t23-,24-,27+/m0/s1. The molecule has 2 saturated heterocycles. The van der Waals surface area contributed by atoms with Gasteiger partial charge in [0.1, 0.15) is 17.6 Å². The first kappa shape index (κ1) is 25.2. The Morgan fingerprint density at radius 2 is 1.65 bits per heavy atom. The number of halogens is 1. The van der Waals surface area contributed by atoms with E-state index in [1.807, 2.05) is 36.4 Å². The van der Waals surface area contributed by atoms with Crippen LogP contribution in [0.2, 0.25) is 0 Å². The molecule has 3 atom stereocenters. The highest BCUT2D eigenvalue weighted by atomic mass is 19.1. The average molecular weight is 506 g/mol. The van der Waals surface area contributed by atoms with Crippen molar-refractivity contribution in [3.63, 3.8) is 0 Å². The van der Waals surface area contributed by atoms with Gasteiger partial charge in [-0.2, -0.15) is 0 Å². The van der Waals surface area contributed by atoms with Crippen LogP contribution in [0.3, 0.4) is 0 Å². The Bertz CT molecular complexity index is 1190. The maximum absolute atomic E-state index is 14.0. The van der Waals surface area contributed by atoms with Crippen LogP contribution in [0.15, 0.2) is 66.7 Å². The molecule has 3 aromatic rings. The molecule has 194 valence electrons. The first-order valence-electron chi connectivity index (χ1n) is 12.9. The summed E-state index contributed by atoms with van der Waals surface area (Å²) >= 11 is 0. The van der Waals surface area contributed by atoms with Crippen LogP contribution >= 0.6 is 0 Å². The van der Waals surface area contributed by atoms with Gasteiger partial charge in [0, 0.05) is 32.0 Å². The van der Waals surface area contributed by atoms with E-state index in [1.54, 1.807) is 23.1 Å².